The van der Waals surface area contributed by atoms with E-state index in [9.17, 15) is 9.59 Å². The predicted molar refractivity (Wildman–Crippen MR) is 96.2 cm³/mol. The van der Waals surface area contributed by atoms with Crippen LogP contribution in [0.3, 0.4) is 0 Å². The number of nitrogens with zero attached hydrogens (tertiary/aromatic N) is 1. The molecule has 0 bridgehead atoms. The quantitative estimate of drug-likeness (QED) is 0.529. The van der Waals surface area contributed by atoms with Gasteiger partial charge in [-0.05, 0) is 23.8 Å². The number of para-hydroxylation sites is 2. The van der Waals surface area contributed by atoms with Crippen LogP contribution in [0, 0.1) is 0 Å². The van der Waals surface area contributed by atoms with E-state index in [1.165, 1.54) is 0 Å². The largest absolute Gasteiger partial charge is 0.431 e. The lowest BCUT2D eigenvalue weighted by Crippen LogP contribution is -2.43. The van der Waals surface area contributed by atoms with Gasteiger partial charge in [-0.2, -0.15) is 0 Å². The lowest BCUT2D eigenvalue weighted by atomic mass is 10.1. The van der Waals surface area contributed by atoms with Gasteiger partial charge in [-0.15, -0.1) is 0 Å². The summed E-state index contributed by atoms with van der Waals surface area (Å²) in [5.74, 6) is -0.646. The van der Waals surface area contributed by atoms with Crippen LogP contribution in [0.4, 0.5) is 0 Å². The molecule has 25 heavy (non-hydrogen) atoms. The zero-order chi connectivity index (χ0) is 17.6. The van der Waals surface area contributed by atoms with Crippen LogP contribution in [0.15, 0.2) is 58.2 Å². The van der Waals surface area contributed by atoms with Crippen molar-refractivity contribution in [3.63, 3.8) is 0 Å². The average Bonchev–Trinajstić information content (AvgIpc) is 3.03. The fourth-order valence-corrected chi connectivity index (χ4v) is 2.92. The number of hydrogen-bond donors (Lipinski definition) is 2. The number of aromatic nitrogens is 1. The Labute approximate surface area is 152 Å². The van der Waals surface area contributed by atoms with E-state index in [-0.39, 0.29) is 24.0 Å². The minimum absolute atomic E-state index is 0.0686. The Morgan fingerprint density at radius 3 is 2.56 bits per heavy atom. The third-order valence-corrected chi connectivity index (χ3v) is 4.45. The molecule has 8 heteroatoms. The predicted octanol–water partition coefficient (Wildman–Crippen LogP) is 2.96. The third kappa shape index (κ3) is 4.74. The van der Waals surface area contributed by atoms with Gasteiger partial charge in [-0.3, -0.25) is 20.4 Å². The summed E-state index contributed by atoms with van der Waals surface area (Å²) in [7, 11) is 0. The SMILES string of the molecule is O=C(CSc1nc2ccccc2o1)NNC(=O)Cc1ccccc1Cl. The first-order valence-electron chi connectivity index (χ1n) is 7.41. The third-order valence-electron chi connectivity index (χ3n) is 3.25. The van der Waals surface area contributed by atoms with Crippen LogP contribution in [0.2, 0.25) is 5.02 Å². The van der Waals surface area contributed by atoms with Gasteiger partial charge in [0.25, 0.3) is 5.22 Å². The van der Waals surface area contributed by atoms with Crippen LogP contribution >= 0.6 is 23.4 Å². The number of thioether (sulfide) groups is 1. The summed E-state index contributed by atoms with van der Waals surface area (Å²) in [5, 5.41) is 0.911. The molecule has 0 aliphatic heterocycles. The van der Waals surface area contributed by atoms with Crippen molar-refractivity contribution in [1.29, 1.82) is 0 Å². The van der Waals surface area contributed by atoms with E-state index in [4.69, 9.17) is 16.0 Å². The summed E-state index contributed by atoms with van der Waals surface area (Å²) in [6.45, 7) is 0. The number of benzene rings is 2. The van der Waals surface area contributed by atoms with E-state index in [0.29, 0.717) is 21.4 Å². The average molecular weight is 376 g/mol. The van der Waals surface area contributed by atoms with E-state index in [1.54, 1.807) is 30.3 Å². The van der Waals surface area contributed by atoms with Gasteiger partial charge in [-0.1, -0.05) is 53.7 Å². The fraction of sp³-hybridized carbons (Fsp3) is 0.118. The number of nitrogens with one attached hydrogen (secondary N) is 2. The molecule has 2 aromatic carbocycles. The molecule has 1 heterocycles. The first kappa shape index (κ1) is 17.3. The van der Waals surface area contributed by atoms with Crippen molar-refractivity contribution in [2.45, 2.75) is 11.6 Å². The van der Waals surface area contributed by atoms with Crippen molar-refractivity contribution in [3.05, 3.63) is 59.1 Å². The molecule has 0 spiro atoms. The highest BCUT2D eigenvalue weighted by molar-refractivity contribution is 7.99. The zero-order valence-corrected chi connectivity index (χ0v) is 14.6. The van der Waals surface area contributed by atoms with E-state index < -0.39 is 0 Å². The number of oxazole rings is 1. The molecule has 1 aromatic heterocycles. The Hall–Kier alpha value is -2.51. The molecule has 0 saturated carbocycles. The molecule has 6 nitrogen and oxygen atoms in total. The van der Waals surface area contributed by atoms with Crippen molar-refractivity contribution in [1.82, 2.24) is 15.8 Å². The number of hydrazine groups is 1. The maximum Gasteiger partial charge on any atom is 0.257 e. The molecule has 3 aromatic rings. The first-order chi connectivity index (χ1) is 12.1. The first-order valence-corrected chi connectivity index (χ1v) is 8.77. The van der Waals surface area contributed by atoms with Crippen molar-refractivity contribution >= 4 is 46.3 Å². The summed E-state index contributed by atoms with van der Waals surface area (Å²) in [4.78, 5) is 27.9. The van der Waals surface area contributed by atoms with Gasteiger partial charge in [-0.25, -0.2) is 4.98 Å². The lowest BCUT2D eigenvalue weighted by Gasteiger charge is -2.07. The molecule has 0 saturated heterocycles. The minimum Gasteiger partial charge on any atom is -0.431 e. The summed E-state index contributed by atoms with van der Waals surface area (Å²) < 4.78 is 5.51. The molecule has 3 rings (SSSR count). The lowest BCUT2D eigenvalue weighted by molar-refractivity contribution is -0.127. The van der Waals surface area contributed by atoms with Gasteiger partial charge in [0.05, 0.1) is 12.2 Å². The van der Waals surface area contributed by atoms with Gasteiger partial charge >= 0.3 is 0 Å². The molecule has 0 fully saturated rings. The van der Waals surface area contributed by atoms with Crippen LogP contribution < -0.4 is 10.9 Å². The van der Waals surface area contributed by atoms with Crippen molar-refractivity contribution in [2.24, 2.45) is 0 Å². The van der Waals surface area contributed by atoms with E-state index in [2.05, 4.69) is 15.8 Å². The molecular weight excluding hydrogens is 362 g/mol. The summed E-state index contributed by atoms with van der Waals surface area (Å²) in [6, 6.07) is 14.4. The highest BCUT2D eigenvalue weighted by Gasteiger charge is 2.11. The molecule has 2 amide bonds. The number of hydrogen-bond acceptors (Lipinski definition) is 5. The normalized spacial score (nSPS) is 10.6. The van der Waals surface area contributed by atoms with E-state index in [0.717, 1.165) is 17.3 Å². The van der Waals surface area contributed by atoms with Crippen LogP contribution in [-0.4, -0.2) is 22.6 Å². The second kappa shape index (κ2) is 8.04. The maximum atomic E-state index is 11.8. The molecule has 0 radical (unpaired) electrons. The molecule has 0 atom stereocenters. The highest BCUT2D eigenvalue weighted by atomic mass is 35.5. The van der Waals surface area contributed by atoms with E-state index >= 15 is 0 Å². The second-order valence-corrected chi connectivity index (χ2v) is 6.43. The smallest absolute Gasteiger partial charge is 0.257 e. The standard InChI is InChI=1S/C17H14ClN3O3S/c18-12-6-2-1-5-11(12)9-15(22)20-21-16(23)10-25-17-19-13-7-3-4-8-14(13)24-17/h1-8H,9-10H2,(H,20,22)(H,21,23). The maximum absolute atomic E-state index is 11.8. The Bertz CT molecular complexity index is 880. The van der Waals surface area contributed by atoms with Crippen molar-refractivity contribution in [2.75, 3.05) is 5.75 Å². The summed E-state index contributed by atoms with van der Waals surface area (Å²) in [5.41, 5.74) is 6.81. The van der Waals surface area contributed by atoms with Crippen LogP contribution in [-0.2, 0) is 16.0 Å². The molecule has 0 aliphatic rings. The Morgan fingerprint density at radius 2 is 1.76 bits per heavy atom. The summed E-state index contributed by atoms with van der Waals surface area (Å²) in [6.07, 6.45) is 0.0816. The van der Waals surface area contributed by atoms with Crippen LogP contribution in [0.1, 0.15) is 5.56 Å². The van der Waals surface area contributed by atoms with Crippen molar-refractivity contribution < 1.29 is 14.0 Å². The molecule has 0 aliphatic carbocycles. The highest BCUT2D eigenvalue weighted by Crippen LogP contribution is 2.22. The van der Waals surface area contributed by atoms with Gasteiger partial charge in [0.1, 0.15) is 5.52 Å². The van der Waals surface area contributed by atoms with Gasteiger partial charge in [0.15, 0.2) is 5.58 Å². The van der Waals surface area contributed by atoms with Gasteiger partial charge in [0.2, 0.25) is 11.8 Å². The minimum atomic E-state index is -0.361. The number of amides is 2. The molecule has 0 unspecified atom stereocenters. The number of halogens is 1. The molecular formula is C17H14ClN3O3S. The molecule has 2 N–H and O–H groups in total. The Balaban J connectivity index is 1.44. The second-order valence-electron chi connectivity index (χ2n) is 5.10. The van der Waals surface area contributed by atoms with Gasteiger partial charge in [0, 0.05) is 5.02 Å². The number of carbonyl (C=O) groups excluding carboxylic acids is 2. The fourth-order valence-electron chi connectivity index (χ4n) is 2.07. The topological polar surface area (TPSA) is 84.2 Å². The van der Waals surface area contributed by atoms with Crippen molar-refractivity contribution in [3.8, 4) is 0 Å². The van der Waals surface area contributed by atoms with Crippen LogP contribution in [0.25, 0.3) is 11.1 Å². The zero-order valence-electron chi connectivity index (χ0n) is 13.0. The Morgan fingerprint density at radius 1 is 1.04 bits per heavy atom. The Kier molecular flexibility index (Phi) is 5.57. The van der Waals surface area contributed by atoms with Crippen LogP contribution in [0.5, 0.6) is 0 Å². The molecule has 128 valence electrons. The number of carbonyl (C=O) groups is 2. The van der Waals surface area contributed by atoms with E-state index in [1.807, 2.05) is 18.2 Å². The number of rotatable bonds is 5. The summed E-state index contributed by atoms with van der Waals surface area (Å²) >= 11 is 7.14. The van der Waals surface area contributed by atoms with Gasteiger partial charge < -0.3 is 4.42 Å². The monoisotopic (exact) mass is 375 g/mol. The number of fused-ring (bicyclic) bond motifs is 1.